The Bertz CT molecular complexity index is 627. The monoisotopic (exact) mass is 346 g/mol. The van der Waals surface area contributed by atoms with Crippen LogP contribution in [0, 0.1) is 5.92 Å². The third kappa shape index (κ3) is 6.45. The van der Waals surface area contributed by atoms with Crippen molar-refractivity contribution < 1.29 is 14.4 Å². The normalized spacial score (nSPS) is 15.4. The first-order valence-corrected chi connectivity index (χ1v) is 8.66. The SMILES string of the molecule is C[C@@H](CC(=O)NCc1cccc(NC(N)=O)c1)NC(=O)C1CCCC1. The lowest BCUT2D eigenvalue weighted by molar-refractivity contribution is -0.126. The number of benzene rings is 1. The maximum atomic E-state index is 12.1. The summed E-state index contributed by atoms with van der Waals surface area (Å²) in [7, 11) is 0. The number of rotatable bonds is 7. The zero-order valence-electron chi connectivity index (χ0n) is 14.5. The molecule has 0 spiro atoms. The summed E-state index contributed by atoms with van der Waals surface area (Å²) in [5.41, 5.74) is 6.51. The van der Waals surface area contributed by atoms with Gasteiger partial charge >= 0.3 is 6.03 Å². The molecule has 1 atom stereocenters. The van der Waals surface area contributed by atoms with Gasteiger partial charge in [0.1, 0.15) is 0 Å². The molecule has 5 N–H and O–H groups in total. The van der Waals surface area contributed by atoms with Crippen LogP contribution in [0.3, 0.4) is 0 Å². The molecule has 7 heteroatoms. The van der Waals surface area contributed by atoms with E-state index in [0.717, 1.165) is 31.2 Å². The van der Waals surface area contributed by atoms with Crippen LogP contribution in [0.2, 0.25) is 0 Å². The summed E-state index contributed by atoms with van der Waals surface area (Å²) in [5.74, 6) is 0.0292. The summed E-state index contributed by atoms with van der Waals surface area (Å²) in [6.45, 7) is 2.18. The van der Waals surface area contributed by atoms with Crippen LogP contribution in [-0.4, -0.2) is 23.9 Å². The standard InChI is InChI=1S/C18H26N4O3/c1-12(21-17(24)14-6-2-3-7-14)9-16(23)20-11-13-5-4-8-15(10-13)22-18(19)25/h4-5,8,10,12,14H,2-3,6-7,9,11H2,1H3,(H,20,23)(H,21,24)(H3,19,22,25)/t12-/m0/s1. The fourth-order valence-electron chi connectivity index (χ4n) is 3.05. The summed E-state index contributed by atoms with van der Waals surface area (Å²) in [5, 5.41) is 8.23. The van der Waals surface area contributed by atoms with E-state index in [1.54, 1.807) is 18.2 Å². The molecule has 0 saturated heterocycles. The van der Waals surface area contributed by atoms with Crippen LogP contribution in [-0.2, 0) is 16.1 Å². The minimum absolute atomic E-state index is 0.0584. The van der Waals surface area contributed by atoms with E-state index in [2.05, 4.69) is 16.0 Å². The van der Waals surface area contributed by atoms with Crippen molar-refractivity contribution >= 4 is 23.5 Å². The molecular weight excluding hydrogens is 320 g/mol. The molecule has 0 unspecified atom stereocenters. The molecule has 0 heterocycles. The number of nitrogens with one attached hydrogen (secondary N) is 3. The molecular formula is C18H26N4O3. The van der Waals surface area contributed by atoms with Gasteiger partial charge in [-0.05, 0) is 37.5 Å². The smallest absolute Gasteiger partial charge is 0.316 e. The van der Waals surface area contributed by atoms with E-state index in [4.69, 9.17) is 5.73 Å². The number of carbonyl (C=O) groups excluding carboxylic acids is 3. The number of hydrogen-bond acceptors (Lipinski definition) is 3. The lowest BCUT2D eigenvalue weighted by Crippen LogP contribution is -2.39. The van der Waals surface area contributed by atoms with Crippen molar-refractivity contribution in [3.63, 3.8) is 0 Å². The maximum absolute atomic E-state index is 12.1. The van der Waals surface area contributed by atoms with Gasteiger partial charge in [-0.25, -0.2) is 4.79 Å². The fraction of sp³-hybridized carbons (Fsp3) is 0.500. The average Bonchev–Trinajstić information content (AvgIpc) is 3.07. The fourth-order valence-corrected chi connectivity index (χ4v) is 3.05. The molecule has 1 aromatic carbocycles. The van der Waals surface area contributed by atoms with E-state index in [-0.39, 0.29) is 30.2 Å². The molecule has 25 heavy (non-hydrogen) atoms. The van der Waals surface area contributed by atoms with Gasteiger partial charge in [0.15, 0.2) is 0 Å². The minimum atomic E-state index is -0.631. The van der Waals surface area contributed by atoms with Gasteiger partial charge in [-0.2, -0.15) is 0 Å². The highest BCUT2D eigenvalue weighted by Gasteiger charge is 2.24. The molecule has 136 valence electrons. The molecule has 7 nitrogen and oxygen atoms in total. The number of primary amides is 1. The highest BCUT2D eigenvalue weighted by Crippen LogP contribution is 2.24. The molecule has 1 aliphatic carbocycles. The summed E-state index contributed by atoms with van der Waals surface area (Å²) in [6, 6.07) is 6.26. The maximum Gasteiger partial charge on any atom is 0.316 e. The molecule has 1 aromatic rings. The lowest BCUT2D eigenvalue weighted by atomic mass is 10.1. The third-order valence-corrected chi connectivity index (χ3v) is 4.29. The number of carbonyl (C=O) groups is 3. The van der Waals surface area contributed by atoms with Crippen LogP contribution < -0.4 is 21.7 Å². The van der Waals surface area contributed by atoms with Crippen LogP contribution >= 0.6 is 0 Å². The first-order chi connectivity index (χ1) is 11.9. The molecule has 0 aliphatic heterocycles. The molecule has 0 aromatic heterocycles. The second-order valence-corrected chi connectivity index (χ2v) is 6.56. The highest BCUT2D eigenvalue weighted by atomic mass is 16.2. The molecule has 0 bridgehead atoms. The van der Waals surface area contributed by atoms with Crippen molar-refractivity contribution in [2.24, 2.45) is 11.7 Å². The molecule has 1 fully saturated rings. The Morgan fingerprint density at radius 3 is 2.64 bits per heavy atom. The Morgan fingerprint density at radius 2 is 1.96 bits per heavy atom. The van der Waals surface area contributed by atoms with Crippen molar-refractivity contribution in [2.45, 2.75) is 51.6 Å². The topological polar surface area (TPSA) is 113 Å². The van der Waals surface area contributed by atoms with Crippen LogP contribution in [0.5, 0.6) is 0 Å². The Labute approximate surface area is 147 Å². The van der Waals surface area contributed by atoms with E-state index in [1.807, 2.05) is 13.0 Å². The number of hydrogen-bond donors (Lipinski definition) is 4. The van der Waals surface area contributed by atoms with Crippen LogP contribution in [0.4, 0.5) is 10.5 Å². The van der Waals surface area contributed by atoms with Gasteiger partial charge in [0, 0.05) is 30.6 Å². The first kappa shape index (κ1) is 18.8. The van der Waals surface area contributed by atoms with Crippen LogP contribution in [0.15, 0.2) is 24.3 Å². The largest absolute Gasteiger partial charge is 0.353 e. The van der Waals surface area contributed by atoms with Gasteiger partial charge < -0.3 is 21.7 Å². The third-order valence-electron chi connectivity index (χ3n) is 4.29. The summed E-state index contributed by atoms with van der Waals surface area (Å²) in [6.07, 6.45) is 4.34. The van der Waals surface area contributed by atoms with Crippen LogP contribution in [0.1, 0.15) is 44.6 Å². The number of anilines is 1. The minimum Gasteiger partial charge on any atom is -0.353 e. The van der Waals surface area contributed by atoms with Crippen molar-refractivity contribution in [1.29, 1.82) is 0 Å². The van der Waals surface area contributed by atoms with E-state index in [9.17, 15) is 14.4 Å². The molecule has 2 rings (SSSR count). The van der Waals surface area contributed by atoms with Gasteiger partial charge in [0.25, 0.3) is 0 Å². The Balaban J connectivity index is 1.74. The number of amides is 4. The van der Waals surface area contributed by atoms with Crippen molar-refractivity contribution in [3.8, 4) is 0 Å². The zero-order valence-corrected chi connectivity index (χ0v) is 14.5. The summed E-state index contributed by atoms with van der Waals surface area (Å²) >= 11 is 0. The van der Waals surface area contributed by atoms with Crippen molar-refractivity contribution in [1.82, 2.24) is 10.6 Å². The van der Waals surface area contributed by atoms with Gasteiger partial charge in [0.2, 0.25) is 11.8 Å². The van der Waals surface area contributed by atoms with Crippen LogP contribution in [0.25, 0.3) is 0 Å². The molecule has 4 amide bonds. The van der Waals surface area contributed by atoms with Crippen molar-refractivity contribution in [3.05, 3.63) is 29.8 Å². The van der Waals surface area contributed by atoms with Crippen molar-refractivity contribution in [2.75, 3.05) is 5.32 Å². The number of nitrogens with two attached hydrogens (primary N) is 1. The van der Waals surface area contributed by atoms with Gasteiger partial charge in [0.05, 0.1) is 0 Å². The Hall–Kier alpha value is -2.57. The highest BCUT2D eigenvalue weighted by molar-refractivity contribution is 5.87. The van der Waals surface area contributed by atoms with E-state index < -0.39 is 6.03 Å². The predicted octanol–water partition coefficient (Wildman–Crippen LogP) is 1.88. The molecule has 0 radical (unpaired) electrons. The average molecular weight is 346 g/mol. The van der Waals surface area contributed by atoms with E-state index >= 15 is 0 Å². The quantitative estimate of drug-likeness (QED) is 0.604. The zero-order chi connectivity index (χ0) is 18.2. The number of urea groups is 1. The lowest BCUT2D eigenvalue weighted by Gasteiger charge is -2.17. The van der Waals surface area contributed by atoms with Gasteiger partial charge in [-0.3, -0.25) is 9.59 Å². The summed E-state index contributed by atoms with van der Waals surface area (Å²) in [4.78, 5) is 35.0. The molecule has 1 aliphatic rings. The predicted molar refractivity (Wildman–Crippen MR) is 95.7 cm³/mol. The van der Waals surface area contributed by atoms with Gasteiger partial charge in [-0.15, -0.1) is 0 Å². The first-order valence-electron chi connectivity index (χ1n) is 8.66. The molecule has 1 saturated carbocycles. The second-order valence-electron chi connectivity index (χ2n) is 6.56. The van der Waals surface area contributed by atoms with Gasteiger partial charge in [-0.1, -0.05) is 25.0 Å². The Kier molecular flexibility index (Phi) is 6.80. The van der Waals surface area contributed by atoms with E-state index in [0.29, 0.717) is 12.2 Å². The Morgan fingerprint density at radius 1 is 1.24 bits per heavy atom. The van der Waals surface area contributed by atoms with E-state index in [1.165, 1.54) is 0 Å². The summed E-state index contributed by atoms with van der Waals surface area (Å²) < 4.78 is 0. The second kappa shape index (κ2) is 9.05.